The van der Waals surface area contributed by atoms with E-state index in [1.807, 2.05) is 0 Å². The van der Waals surface area contributed by atoms with Gasteiger partial charge in [-0.25, -0.2) is 4.39 Å². The minimum Gasteiger partial charge on any atom is -0.489 e. The summed E-state index contributed by atoms with van der Waals surface area (Å²) in [7, 11) is 0. The van der Waals surface area contributed by atoms with Gasteiger partial charge in [-0.3, -0.25) is 4.79 Å². The van der Waals surface area contributed by atoms with E-state index in [-0.39, 0.29) is 18.3 Å². The zero-order valence-electron chi connectivity index (χ0n) is 12.5. The molecule has 1 amide bonds. The van der Waals surface area contributed by atoms with Crippen molar-refractivity contribution in [2.24, 2.45) is 0 Å². The molecule has 0 bridgehead atoms. The highest BCUT2D eigenvalue weighted by Gasteiger charge is 2.10. The van der Waals surface area contributed by atoms with Crippen molar-refractivity contribution >= 4 is 27.5 Å². The van der Waals surface area contributed by atoms with Crippen molar-refractivity contribution < 1.29 is 18.3 Å². The van der Waals surface area contributed by atoms with Crippen LogP contribution in [0.15, 0.2) is 69.9 Å². The Morgan fingerprint density at radius 1 is 1.17 bits per heavy atom. The van der Waals surface area contributed by atoms with Crippen LogP contribution in [0.25, 0.3) is 0 Å². The first kappa shape index (κ1) is 16.3. The molecule has 1 heterocycles. The molecule has 0 spiro atoms. The molecule has 3 rings (SSSR count). The fraction of sp³-hybridized carbons (Fsp3) is 0.0556. The average Bonchev–Trinajstić information content (AvgIpc) is 3.00. The highest BCUT2D eigenvalue weighted by molar-refractivity contribution is 9.10. The standard InChI is InChI=1S/C18H13BrFNO3/c19-17-8-13(11-24-17)18(22)21-15-5-2-6-16(9-15)23-10-12-3-1-4-14(20)7-12/h1-9,11H,10H2,(H,21,22). The van der Waals surface area contributed by atoms with Gasteiger partial charge in [0, 0.05) is 17.8 Å². The van der Waals surface area contributed by atoms with Crippen LogP contribution in [-0.4, -0.2) is 5.91 Å². The monoisotopic (exact) mass is 389 g/mol. The predicted molar refractivity (Wildman–Crippen MR) is 91.5 cm³/mol. The average molecular weight is 390 g/mol. The molecule has 0 saturated carbocycles. The first-order valence-electron chi connectivity index (χ1n) is 7.13. The molecule has 0 aliphatic heterocycles. The number of nitrogens with one attached hydrogen (secondary N) is 1. The Balaban J connectivity index is 1.64. The molecule has 24 heavy (non-hydrogen) atoms. The fourth-order valence-corrected chi connectivity index (χ4v) is 2.43. The number of carbonyl (C=O) groups is 1. The summed E-state index contributed by atoms with van der Waals surface area (Å²) in [4.78, 5) is 12.1. The van der Waals surface area contributed by atoms with Gasteiger partial charge in [0.25, 0.3) is 5.91 Å². The number of rotatable bonds is 5. The summed E-state index contributed by atoms with van der Waals surface area (Å²) in [6.07, 6.45) is 1.36. The van der Waals surface area contributed by atoms with Crippen LogP contribution < -0.4 is 10.1 Å². The molecule has 0 aliphatic carbocycles. The molecule has 0 unspecified atom stereocenters. The summed E-state index contributed by atoms with van der Waals surface area (Å²) in [6.45, 7) is 0.240. The van der Waals surface area contributed by atoms with Crippen molar-refractivity contribution in [2.75, 3.05) is 5.32 Å². The van der Waals surface area contributed by atoms with Crippen molar-refractivity contribution in [1.29, 1.82) is 0 Å². The van der Waals surface area contributed by atoms with Crippen molar-refractivity contribution in [3.8, 4) is 5.75 Å². The molecule has 6 heteroatoms. The smallest absolute Gasteiger partial charge is 0.258 e. The summed E-state index contributed by atoms with van der Waals surface area (Å²) in [5.74, 6) is -0.0134. The Bertz CT molecular complexity index is 863. The van der Waals surface area contributed by atoms with E-state index in [0.29, 0.717) is 21.7 Å². The lowest BCUT2D eigenvalue weighted by atomic mass is 10.2. The quantitative estimate of drug-likeness (QED) is 0.666. The zero-order chi connectivity index (χ0) is 16.9. The van der Waals surface area contributed by atoms with Crippen LogP contribution >= 0.6 is 15.9 Å². The molecule has 3 aromatic rings. The number of anilines is 1. The number of hydrogen-bond acceptors (Lipinski definition) is 3. The summed E-state index contributed by atoms with van der Waals surface area (Å²) < 4.78 is 24.3. The van der Waals surface area contributed by atoms with Gasteiger partial charge in [-0.05, 0) is 45.8 Å². The van der Waals surface area contributed by atoms with Crippen molar-refractivity contribution in [1.82, 2.24) is 0 Å². The fourth-order valence-electron chi connectivity index (χ4n) is 2.09. The lowest BCUT2D eigenvalue weighted by Gasteiger charge is -2.09. The lowest BCUT2D eigenvalue weighted by molar-refractivity contribution is 0.102. The maximum Gasteiger partial charge on any atom is 0.258 e. The second-order valence-electron chi connectivity index (χ2n) is 5.04. The van der Waals surface area contributed by atoms with Crippen LogP contribution in [-0.2, 0) is 6.61 Å². The van der Waals surface area contributed by atoms with Gasteiger partial charge >= 0.3 is 0 Å². The Morgan fingerprint density at radius 3 is 2.75 bits per heavy atom. The summed E-state index contributed by atoms with van der Waals surface area (Å²) in [6, 6.07) is 14.8. The van der Waals surface area contributed by atoms with Gasteiger partial charge in [0.1, 0.15) is 24.4 Å². The van der Waals surface area contributed by atoms with Crippen molar-refractivity contribution in [3.05, 3.63) is 82.5 Å². The third-order valence-electron chi connectivity index (χ3n) is 3.22. The predicted octanol–water partition coefficient (Wildman–Crippen LogP) is 5.01. The summed E-state index contributed by atoms with van der Waals surface area (Å²) >= 11 is 3.15. The van der Waals surface area contributed by atoms with Gasteiger partial charge in [-0.2, -0.15) is 0 Å². The maximum absolute atomic E-state index is 13.1. The number of benzene rings is 2. The van der Waals surface area contributed by atoms with Crippen molar-refractivity contribution in [2.45, 2.75) is 6.61 Å². The van der Waals surface area contributed by atoms with Crippen LogP contribution in [0.1, 0.15) is 15.9 Å². The molecule has 0 fully saturated rings. The zero-order valence-corrected chi connectivity index (χ0v) is 14.0. The van der Waals surface area contributed by atoms with E-state index < -0.39 is 0 Å². The van der Waals surface area contributed by atoms with E-state index in [0.717, 1.165) is 5.56 Å². The second kappa shape index (κ2) is 7.31. The largest absolute Gasteiger partial charge is 0.489 e. The minimum atomic E-state index is -0.302. The number of halogens is 2. The van der Waals surface area contributed by atoms with E-state index in [2.05, 4.69) is 21.2 Å². The Kier molecular flexibility index (Phi) is 4.96. The number of amides is 1. The van der Waals surface area contributed by atoms with Gasteiger partial charge < -0.3 is 14.5 Å². The van der Waals surface area contributed by atoms with Crippen LogP contribution in [0.4, 0.5) is 10.1 Å². The van der Waals surface area contributed by atoms with Crippen LogP contribution in [0, 0.1) is 5.82 Å². The Labute approximate surface area is 146 Å². The molecular formula is C18H13BrFNO3. The van der Waals surface area contributed by atoms with E-state index >= 15 is 0 Å². The number of furan rings is 1. The number of hydrogen-bond donors (Lipinski definition) is 1. The Hall–Kier alpha value is -2.60. The van der Waals surface area contributed by atoms with E-state index in [1.54, 1.807) is 42.5 Å². The second-order valence-corrected chi connectivity index (χ2v) is 5.82. The molecule has 0 saturated heterocycles. The maximum atomic E-state index is 13.1. The summed E-state index contributed by atoms with van der Waals surface area (Å²) in [5, 5.41) is 2.76. The lowest BCUT2D eigenvalue weighted by Crippen LogP contribution is -2.10. The Morgan fingerprint density at radius 2 is 2.00 bits per heavy atom. The highest BCUT2D eigenvalue weighted by Crippen LogP contribution is 2.20. The molecule has 0 atom stereocenters. The van der Waals surface area contributed by atoms with Gasteiger partial charge in [0.2, 0.25) is 0 Å². The van der Waals surface area contributed by atoms with Gasteiger partial charge in [0.05, 0.1) is 5.56 Å². The summed E-state index contributed by atoms with van der Waals surface area (Å²) in [5.41, 5.74) is 1.73. The van der Waals surface area contributed by atoms with Gasteiger partial charge in [-0.15, -0.1) is 0 Å². The van der Waals surface area contributed by atoms with Gasteiger partial charge in [0.15, 0.2) is 4.67 Å². The van der Waals surface area contributed by atoms with E-state index in [1.165, 1.54) is 18.4 Å². The molecule has 122 valence electrons. The number of carbonyl (C=O) groups excluding carboxylic acids is 1. The first-order valence-corrected chi connectivity index (χ1v) is 7.92. The number of ether oxygens (including phenoxy) is 1. The molecule has 0 aliphatic rings. The molecule has 4 nitrogen and oxygen atoms in total. The molecule has 2 aromatic carbocycles. The molecular weight excluding hydrogens is 377 g/mol. The third-order valence-corrected chi connectivity index (χ3v) is 3.63. The first-order chi connectivity index (χ1) is 11.6. The third kappa shape index (κ3) is 4.23. The molecule has 1 aromatic heterocycles. The van der Waals surface area contributed by atoms with Crippen molar-refractivity contribution in [3.63, 3.8) is 0 Å². The van der Waals surface area contributed by atoms with E-state index in [9.17, 15) is 9.18 Å². The van der Waals surface area contributed by atoms with Gasteiger partial charge in [-0.1, -0.05) is 18.2 Å². The van der Waals surface area contributed by atoms with Crippen LogP contribution in [0.3, 0.4) is 0 Å². The van der Waals surface area contributed by atoms with E-state index in [4.69, 9.17) is 9.15 Å². The van der Waals surface area contributed by atoms with Crippen LogP contribution in [0.5, 0.6) is 5.75 Å². The molecule has 0 radical (unpaired) electrons. The highest BCUT2D eigenvalue weighted by atomic mass is 79.9. The van der Waals surface area contributed by atoms with Crippen LogP contribution in [0.2, 0.25) is 0 Å². The normalized spacial score (nSPS) is 10.4. The topological polar surface area (TPSA) is 51.5 Å². The molecule has 1 N–H and O–H groups in total. The minimum absolute atomic E-state index is 0.240. The SMILES string of the molecule is O=C(Nc1cccc(OCc2cccc(F)c2)c1)c1coc(Br)c1.